The molecule has 2 rings (SSSR count). The average molecular weight is 373 g/mol. The molecule has 0 saturated carbocycles. The molecule has 0 heterocycles. The zero-order chi connectivity index (χ0) is 18.4. The molecule has 1 amide bonds. The minimum absolute atomic E-state index is 0.0622. The molecule has 0 bridgehead atoms. The summed E-state index contributed by atoms with van der Waals surface area (Å²) in [4.78, 5) is 11.5. The first kappa shape index (κ1) is 18.8. The maximum Gasteiger partial charge on any atom is 0.257 e. The van der Waals surface area contributed by atoms with Crippen LogP contribution in [0.25, 0.3) is 0 Å². The van der Waals surface area contributed by atoms with Crippen molar-refractivity contribution in [2.24, 2.45) is 0 Å². The molecule has 0 radical (unpaired) electrons. The smallest absolute Gasteiger partial charge is 0.257 e. The monoisotopic (exact) mass is 373 g/mol. The number of ether oxygens (including phenoxy) is 1. The summed E-state index contributed by atoms with van der Waals surface area (Å²) < 4.78 is 67.7. The van der Waals surface area contributed by atoms with Crippen molar-refractivity contribution < 1.29 is 31.1 Å². The minimum atomic E-state index is -3.68. The van der Waals surface area contributed by atoms with E-state index < -0.39 is 45.6 Å². The Morgan fingerprint density at radius 2 is 1.64 bits per heavy atom. The lowest BCUT2D eigenvalue weighted by Gasteiger charge is -2.09. The predicted molar refractivity (Wildman–Crippen MR) is 83.3 cm³/mol. The summed E-state index contributed by atoms with van der Waals surface area (Å²) in [5, 5.41) is 2.31. The van der Waals surface area contributed by atoms with Crippen molar-refractivity contribution in [3.8, 4) is 5.75 Å². The van der Waals surface area contributed by atoms with Gasteiger partial charge in [-0.15, -0.1) is 0 Å². The van der Waals surface area contributed by atoms with E-state index in [1.54, 1.807) is 0 Å². The van der Waals surface area contributed by atoms with Gasteiger partial charge in [0.05, 0.1) is 10.6 Å². The van der Waals surface area contributed by atoms with Gasteiger partial charge in [0, 0.05) is 12.6 Å². The lowest BCUT2D eigenvalue weighted by Crippen LogP contribution is -2.33. The third-order valence-electron chi connectivity index (χ3n) is 3.12. The number of carbonyl (C=O) groups excluding carboxylic acids is 1. The number of amides is 1. The van der Waals surface area contributed by atoms with Gasteiger partial charge in [-0.25, -0.2) is 21.6 Å². The van der Waals surface area contributed by atoms with E-state index in [-0.39, 0.29) is 17.2 Å². The van der Waals surface area contributed by atoms with Crippen molar-refractivity contribution in [3.05, 3.63) is 59.9 Å². The Bertz CT molecular complexity index is 854. The van der Waals surface area contributed by atoms with Gasteiger partial charge in [0.2, 0.25) is 0 Å². The van der Waals surface area contributed by atoms with Crippen LogP contribution in [-0.4, -0.2) is 33.2 Å². The Balaban J connectivity index is 1.81. The van der Waals surface area contributed by atoms with Crippen LogP contribution in [0.1, 0.15) is 0 Å². The molecular formula is C16H14F3NO4S. The van der Waals surface area contributed by atoms with Crippen LogP contribution in [-0.2, 0) is 14.6 Å². The topological polar surface area (TPSA) is 72.5 Å². The van der Waals surface area contributed by atoms with Gasteiger partial charge < -0.3 is 10.1 Å². The van der Waals surface area contributed by atoms with Gasteiger partial charge in [0.25, 0.3) is 5.91 Å². The molecule has 0 atom stereocenters. The largest absolute Gasteiger partial charge is 0.481 e. The third kappa shape index (κ3) is 5.49. The second-order valence-corrected chi connectivity index (χ2v) is 7.10. The van der Waals surface area contributed by atoms with Crippen molar-refractivity contribution in [1.82, 2.24) is 5.32 Å². The summed E-state index contributed by atoms with van der Waals surface area (Å²) in [5.41, 5.74) is 0. The lowest BCUT2D eigenvalue weighted by molar-refractivity contribution is -0.123. The standard InChI is InChI=1S/C16H14F3NO4S/c17-11-1-4-13(5-2-11)25(22,23)8-7-20-16(21)10-24-15-6-3-12(18)9-14(15)19/h1-6,9H,7-8,10H2,(H,20,21). The van der Waals surface area contributed by atoms with E-state index >= 15 is 0 Å². The number of halogens is 3. The second kappa shape index (κ2) is 8.02. The zero-order valence-electron chi connectivity index (χ0n) is 12.8. The molecule has 0 unspecified atom stereocenters. The summed E-state index contributed by atoms with van der Waals surface area (Å²) >= 11 is 0. The van der Waals surface area contributed by atoms with E-state index in [1.165, 1.54) is 0 Å². The number of hydrogen-bond donors (Lipinski definition) is 1. The molecule has 0 aliphatic rings. The van der Waals surface area contributed by atoms with E-state index in [2.05, 4.69) is 5.32 Å². The van der Waals surface area contributed by atoms with Crippen LogP contribution in [0.5, 0.6) is 5.75 Å². The summed E-state index contributed by atoms with van der Waals surface area (Å²) in [5.74, 6) is -3.65. The molecule has 5 nitrogen and oxygen atoms in total. The van der Waals surface area contributed by atoms with Crippen LogP contribution in [0.3, 0.4) is 0 Å². The molecule has 9 heteroatoms. The predicted octanol–water partition coefficient (Wildman–Crippen LogP) is 2.07. The molecule has 0 spiro atoms. The van der Waals surface area contributed by atoms with Crippen LogP contribution >= 0.6 is 0 Å². The first-order chi connectivity index (χ1) is 11.8. The number of hydrogen-bond acceptors (Lipinski definition) is 4. The van der Waals surface area contributed by atoms with Crippen molar-refractivity contribution in [2.45, 2.75) is 4.90 Å². The molecule has 25 heavy (non-hydrogen) atoms. The quantitative estimate of drug-likeness (QED) is 0.755. The first-order valence-electron chi connectivity index (χ1n) is 7.11. The Morgan fingerprint density at radius 3 is 2.28 bits per heavy atom. The fraction of sp³-hybridized carbons (Fsp3) is 0.188. The van der Waals surface area contributed by atoms with Gasteiger partial charge in [-0.1, -0.05) is 0 Å². The fourth-order valence-electron chi connectivity index (χ4n) is 1.87. The van der Waals surface area contributed by atoms with Gasteiger partial charge >= 0.3 is 0 Å². The molecule has 2 aromatic carbocycles. The van der Waals surface area contributed by atoms with Crippen molar-refractivity contribution >= 4 is 15.7 Å². The molecule has 0 saturated heterocycles. The van der Waals surface area contributed by atoms with Crippen LogP contribution < -0.4 is 10.1 Å². The summed E-state index contributed by atoms with van der Waals surface area (Å²) in [7, 11) is -3.68. The average Bonchev–Trinajstić information content (AvgIpc) is 2.54. The maximum absolute atomic E-state index is 13.3. The normalized spacial score (nSPS) is 11.2. The van der Waals surface area contributed by atoms with Crippen LogP contribution in [0, 0.1) is 17.5 Å². The molecular weight excluding hydrogens is 359 g/mol. The highest BCUT2D eigenvalue weighted by atomic mass is 32.2. The van der Waals surface area contributed by atoms with Crippen molar-refractivity contribution in [1.29, 1.82) is 0 Å². The van der Waals surface area contributed by atoms with Crippen molar-refractivity contribution in [2.75, 3.05) is 18.9 Å². The first-order valence-corrected chi connectivity index (χ1v) is 8.76. The van der Waals surface area contributed by atoms with E-state index in [4.69, 9.17) is 4.74 Å². The molecule has 0 aliphatic carbocycles. The van der Waals surface area contributed by atoms with E-state index in [9.17, 15) is 26.4 Å². The summed E-state index contributed by atoms with van der Waals surface area (Å²) in [6.45, 7) is -0.757. The molecule has 134 valence electrons. The SMILES string of the molecule is O=C(COc1ccc(F)cc1F)NCCS(=O)(=O)c1ccc(F)cc1. The molecule has 0 fully saturated rings. The Morgan fingerprint density at radius 1 is 1.00 bits per heavy atom. The Kier molecular flexibility index (Phi) is 6.02. The van der Waals surface area contributed by atoms with Crippen LogP contribution in [0.4, 0.5) is 13.2 Å². The Hall–Kier alpha value is -2.55. The number of sulfone groups is 1. The minimum Gasteiger partial charge on any atom is -0.481 e. The number of nitrogens with one attached hydrogen (secondary N) is 1. The zero-order valence-corrected chi connectivity index (χ0v) is 13.7. The third-order valence-corrected chi connectivity index (χ3v) is 4.85. The van der Waals surface area contributed by atoms with Gasteiger partial charge in [-0.2, -0.15) is 0 Å². The summed E-state index contributed by atoms with van der Waals surface area (Å²) in [6.07, 6.45) is 0. The molecule has 2 aromatic rings. The van der Waals surface area contributed by atoms with Gasteiger partial charge in [0.1, 0.15) is 11.6 Å². The molecule has 1 N–H and O–H groups in total. The van der Waals surface area contributed by atoms with Crippen LogP contribution in [0.15, 0.2) is 47.4 Å². The highest BCUT2D eigenvalue weighted by Crippen LogP contribution is 2.17. The lowest BCUT2D eigenvalue weighted by atomic mass is 10.3. The van der Waals surface area contributed by atoms with E-state index in [1.807, 2.05) is 0 Å². The van der Waals surface area contributed by atoms with Gasteiger partial charge in [-0.3, -0.25) is 4.79 Å². The van der Waals surface area contributed by atoms with Gasteiger partial charge in [-0.05, 0) is 36.4 Å². The number of benzene rings is 2. The van der Waals surface area contributed by atoms with Gasteiger partial charge in [0.15, 0.2) is 28.0 Å². The molecule has 0 aliphatic heterocycles. The van der Waals surface area contributed by atoms with Crippen molar-refractivity contribution in [3.63, 3.8) is 0 Å². The highest BCUT2D eigenvalue weighted by molar-refractivity contribution is 7.91. The number of carbonyl (C=O) groups is 1. The van der Waals surface area contributed by atoms with E-state index in [0.29, 0.717) is 6.07 Å². The molecule has 0 aromatic heterocycles. The Labute approximate surface area is 142 Å². The summed E-state index contributed by atoms with van der Waals surface area (Å²) in [6, 6.07) is 6.94. The second-order valence-electron chi connectivity index (χ2n) is 4.99. The number of rotatable bonds is 7. The van der Waals surface area contributed by atoms with Crippen LogP contribution in [0.2, 0.25) is 0 Å². The highest BCUT2D eigenvalue weighted by Gasteiger charge is 2.15. The fourth-order valence-corrected chi connectivity index (χ4v) is 3.03. The van der Waals surface area contributed by atoms with E-state index in [0.717, 1.165) is 36.4 Å². The maximum atomic E-state index is 13.3.